The maximum absolute atomic E-state index is 12.1. The van der Waals surface area contributed by atoms with Gasteiger partial charge < -0.3 is 11.1 Å². The van der Waals surface area contributed by atoms with E-state index in [9.17, 15) is 4.79 Å². The molecule has 0 spiro atoms. The van der Waals surface area contributed by atoms with Crippen LogP contribution in [-0.4, -0.2) is 12.5 Å². The molecule has 0 aliphatic carbocycles. The van der Waals surface area contributed by atoms with Crippen LogP contribution in [-0.2, 0) is 0 Å². The summed E-state index contributed by atoms with van der Waals surface area (Å²) in [7, 11) is 0. The average Bonchev–Trinajstić information content (AvgIpc) is 2.26. The van der Waals surface area contributed by atoms with E-state index in [0.717, 1.165) is 0 Å². The highest BCUT2D eigenvalue weighted by atomic mass is 35.5. The number of rotatable bonds is 4. The minimum Gasteiger partial charge on any atom is -0.398 e. The molecule has 0 unspecified atom stereocenters. The molecule has 1 aromatic rings. The van der Waals surface area contributed by atoms with Gasteiger partial charge in [0.1, 0.15) is 0 Å². The molecule has 3 N–H and O–H groups in total. The van der Waals surface area contributed by atoms with Crippen LogP contribution in [0.15, 0.2) is 18.2 Å². The summed E-state index contributed by atoms with van der Waals surface area (Å²) in [5.41, 5.74) is 6.57. The number of hydrogen-bond acceptors (Lipinski definition) is 2. The highest BCUT2D eigenvalue weighted by molar-refractivity contribution is 6.34. The first-order chi connectivity index (χ1) is 8.25. The Morgan fingerprint density at radius 1 is 1.44 bits per heavy atom. The van der Waals surface area contributed by atoms with Gasteiger partial charge in [-0.15, -0.1) is 0 Å². The molecule has 3 nitrogen and oxygen atoms in total. The Hall–Kier alpha value is -1.22. The van der Waals surface area contributed by atoms with E-state index in [2.05, 4.69) is 33.0 Å². The van der Waals surface area contributed by atoms with Gasteiger partial charge >= 0.3 is 0 Å². The molecule has 0 radical (unpaired) electrons. The van der Waals surface area contributed by atoms with Crippen LogP contribution in [0.5, 0.6) is 0 Å². The van der Waals surface area contributed by atoms with E-state index in [4.69, 9.17) is 17.3 Å². The van der Waals surface area contributed by atoms with Crippen molar-refractivity contribution in [3.63, 3.8) is 0 Å². The van der Waals surface area contributed by atoms with Crippen molar-refractivity contribution >= 4 is 23.2 Å². The number of benzene rings is 1. The molecule has 1 aromatic carbocycles. The molecule has 100 valence electrons. The van der Waals surface area contributed by atoms with E-state index < -0.39 is 0 Å². The summed E-state index contributed by atoms with van der Waals surface area (Å²) in [4.78, 5) is 12.1. The fourth-order valence-corrected chi connectivity index (χ4v) is 1.65. The van der Waals surface area contributed by atoms with Gasteiger partial charge in [-0.25, -0.2) is 0 Å². The van der Waals surface area contributed by atoms with Crippen LogP contribution in [0.2, 0.25) is 5.02 Å². The second-order valence-corrected chi connectivity index (χ2v) is 5.94. The van der Waals surface area contributed by atoms with Gasteiger partial charge in [0.05, 0.1) is 10.6 Å². The third-order valence-electron chi connectivity index (χ3n) is 3.54. The minimum absolute atomic E-state index is 0.0334. The standard InChI is InChI=1S/C14H21ClN2O/c1-9(2)14(3,4)8-17-13(18)12-10(15)6-5-7-11(12)16/h5-7,9H,8,16H2,1-4H3,(H,17,18). The lowest BCUT2D eigenvalue weighted by Crippen LogP contribution is -2.37. The van der Waals surface area contributed by atoms with Crippen molar-refractivity contribution in [2.24, 2.45) is 11.3 Å². The Balaban J connectivity index is 2.79. The van der Waals surface area contributed by atoms with Crippen LogP contribution in [0.1, 0.15) is 38.1 Å². The molecule has 0 saturated carbocycles. The van der Waals surface area contributed by atoms with Gasteiger partial charge in [0.15, 0.2) is 0 Å². The zero-order valence-corrected chi connectivity index (χ0v) is 12.1. The third-order valence-corrected chi connectivity index (χ3v) is 3.86. The van der Waals surface area contributed by atoms with E-state index in [0.29, 0.717) is 28.7 Å². The molecule has 4 heteroatoms. The van der Waals surface area contributed by atoms with Crippen molar-refractivity contribution in [3.05, 3.63) is 28.8 Å². The normalized spacial score (nSPS) is 11.7. The number of hydrogen-bond donors (Lipinski definition) is 2. The molecule has 0 heterocycles. The Morgan fingerprint density at radius 3 is 2.56 bits per heavy atom. The number of carbonyl (C=O) groups is 1. The van der Waals surface area contributed by atoms with Crippen molar-refractivity contribution in [3.8, 4) is 0 Å². The van der Waals surface area contributed by atoms with Gasteiger partial charge in [0.25, 0.3) is 5.91 Å². The maximum Gasteiger partial charge on any atom is 0.254 e. The third kappa shape index (κ3) is 3.39. The van der Waals surface area contributed by atoms with E-state index in [1.165, 1.54) is 0 Å². The number of nitrogens with one attached hydrogen (secondary N) is 1. The van der Waals surface area contributed by atoms with Gasteiger partial charge in [-0.3, -0.25) is 4.79 Å². The highest BCUT2D eigenvalue weighted by Gasteiger charge is 2.24. The van der Waals surface area contributed by atoms with Crippen LogP contribution in [0.25, 0.3) is 0 Å². The number of nitrogens with two attached hydrogens (primary N) is 1. The molecule has 1 amide bonds. The largest absolute Gasteiger partial charge is 0.398 e. The number of anilines is 1. The molecule has 18 heavy (non-hydrogen) atoms. The van der Waals surface area contributed by atoms with Crippen molar-refractivity contribution in [1.82, 2.24) is 5.32 Å². The first kappa shape index (κ1) is 14.8. The van der Waals surface area contributed by atoms with Crippen LogP contribution >= 0.6 is 11.6 Å². The molecule has 0 aromatic heterocycles. The SMILES string of the molecule is CC(C)C(C)(C)CNC(=O)c1c(N)cccc1Cl. The zero-order valence-electron chi connectivity index (χ0n) is 11.4. The first-order valence-electron chi connectivity index (χ1n) is 6.08. The molecule has 0 bridgehead atoms. The summed E-state index contributed by atoms with van der Waals surface area (Å²) in [6.07, 6.45) is 0. The summed E-state index contributed by atoms with van der Waals surface area (Å²) >= 11 is 6.00. The van der Waals surface area contributed by atoms with Crippen LogP contribution in [0.4, 0.5) is 5.69 Å². The predicted molar refractivity (Wildman–Crippen MR) is 76.8 cm³/mol. The molecular formula is C14H21ClN2O. The molecule has 0 atom stereocenters. The summed E-state index contributed by atoms with van der Waals surface area (Å²) < 4.78 is 0. The van der Waals surface area contributed by atoms with Crippen LogP contribution in [0, 0.1) is 11.3 Å². The fourth-order valence-electron chi connectivity index (χ4n) is 1.38. The summed E-state index contributed by atoms with van der Waals surface area (Å²) in [5.74, 6) is 0.258. The molecule has 0 fully saturated rings. The van der Waals surface area contributed by atoms with Crippen LogP contribution in [0.3, 0.4) is 0 Å². The summed E-state index contributed by atoms with van der Waals surface area (Å²) in [6, 6.07) is 5.07. The fraction of sp³-hybridized carbons (Fsp3) is 0.500. The Morgan fingerprint density at radius 2 is 2.06 bits per heavy atom. The second kappa shape index (κ2) is 5.61. The molecule has 0 saturated heterocycles. The van der Waals surface area contributed by atoms with E-state index in [1.54, 1.807) is 18.2 Å². The summed E-state index contributed by atoms with van der Waals surface area (Å²) in [6.45, 7) is 9.10. The lowest BCUT2D eigenvalue weighted by atomic mass is 9.81. The lowest BCUT2D eigenvalue weighted by Gasteiger charge is -2.29. The molecule has 0 aliphatic rings. The predicted octanol–water partition coefficient (Wildman–Crippen LogP) is 3.33. The van der Waals surface area contributed by atoms with E-state index >= 15 is 0 Å². The quantitative estimate of drug-likeness (QED) is 0.823. The zero-order chi connectivity index (χ0) is 13.9. The molecule has 1 rings (SSSR count). The monoisotopic (exact) mass is 268 g/mol. The molecular weight excluding hydrogens is 248 g/mol. The van der Waals surface area contributed by atoms with Gasteiger partial charge in [-0.2, -0.15) is 0 Å². The number of amides is 1. The van der Waals surface area contributed by atoms with Crippen molar-refractivity contribution in [2.75, 3.05) is 12.3 Å². The van der Waals surface area contributed by atoms with Crippen molar-refractivity contribution in [1.29, 1.82) is 0 Å². The number of carbonyl (C=O) groups excluding carboxylic acids is 1. The van der Waals surface area contributed by atoms with Gasteiger partial charge in [-0.05, 0) is 23.5 Å². The number of nitrogen functional groups attached to an aromatic ring is 1. The smallest absolute Gasteiger partial charge is 0.254 e. The Labute approximate surface area is 114 Å². The highest BCUT2D eigenvalue weighted by Crippen LogP contribution is 2.26. The summed E-state index contributed by atoms with van der Waals surface area (Å²) in [5, 5.41) is 3.28. The average molecular weight is 269 g/mol. The van der Waals surface area contributed by atoms with Crippen LogP contribution < -0.4 is 11.1 Å². The van der Waals surface area contributed by atoms with Gasteiger partial charge in [-0.1, -0.05) is 45.4 Å². The minimum atomic E-state index is -0.216. The van der Waals surface area contributed by atoms with Gasteiger partial charge in [0, 0.05) is 12.2 Å². The van der Waals surface area contributed by atoms with E-state index in [-0.39, 0.29) is 11.3 Å². The Bertz CT molecular complexity index is 421. The molecule has 0 aliphatic heterocycles. The lowest BCUT2D eigenvalue weighted by molar-refractivity contribution is 0.0926. The topological polar surface area (TPSA) is 55.1 Å². The van der Waals surface area contributed by atoms with Crippen molar-refractivity contribution < 1.29 is 4.79 Å². The second-order valence-electron chi connectivity index (χ2n) is 5.53. The van der Waals surface area contributed by atoms with Gasteiger partial charge in [0.2, 0.25) is 0 Å². The number of halogens is 1. The Kier molecular flexibility index (Phi) is 4.63. The maximum atomic E-state index is 12.1. The van der Waals surface area contributed by atoms with Crippen molar-refractivity contribution in [2.45, 2.75) is 27.7 Å². The van der Waals surface area contributed by atoms with E-state index in [1.807, 2.05) is 0 Å². The first-order valence-corrected chi connectivity index (χ1v) is 6.45.